The van der Waals surface area contributed by atoms with Crippen molar-refractivity contribution >= 4 is 0 Å². The summed E-state index contributed by atoms with van der Waals surface area (Å²) < 4.78 is 0. The molecule has 2 aromatic rings. The van der Waals surface area contributed by atoms with E-state index >= 15 is 0 Å². The standard InChI is InChI=1S/C12H14N3/c1(2-4-12-14-9-10-15-12)3-11-5-7-13-8-6-11/h3,5-10H,1-2,4H2,(H,14,15). The number of H-pyrrole nitrogens is 1. The molecule has 0 aliphatic rings. The molecule has 0 fully saturated rings. The molecule has 0 saturated heterocycles. The number of nitrogens with one attached hydrogen (secondary N) is 1. The summed E-state index contributed by atoms with van der Waals surface area (Å²) in [5.41, 5.74) is 1.24. The molecule has 3 heteroatoms. The fourth-order valence-electron chi connectivity index (χ4n) is 1.47. The quantitative estimate of drug-likeness (QED) is 0.753. The molecule has 0 atom stereocenters. The Hall–Kier alpha value is -1.64. The van der Waals surface area contributed by atoms with E-state index in [1.807, 2.05) is 30.7 Å². The van der Waals surface area contributed by atoms with Crippen molar-refractivity contribution in [3.63, 3.8) is 0 Å². The number of aromatic nitrogens is 3. The van der Waals surface area contributed by atoms with Crippen molar-refractivity contribution in [2.45, 2.75) is 19.3 Å². The van der Waals surface area contributed by atoms with E-state index < -0.39 is 0 Å². The summed E-state index contributed by atoms with van der Waals surface area (Å²) in [6, 6.07) is 4.04. The van der Waals surface area contributed by atoms with Crippen LogP contribution in [0.5, 0.6) is 0 Å². The molecule has 0 aliphatic heterocycles. The van der Waals surface area contributed by atoms with Gasteiger partial charge in [0.15, 0.2) is 0 Å². The molecule has 2 aromatic heterocycles. The number of hydrogen-bond donors (Lipinski definition) is 1. The molecule has 2 rings (SSSR count). The van der Waals surface area contributed by atoms with Crippen LogP contribution in [0.2, 0.25) is 0 Å². The number of aromatic amines is 1. The van der Waals surface area contributed by atoms with Gasteiger partial charge in [0, 0.05) is 31.2 Å². The number of aryl methyl sites for hydroxylation is 1. The zero-order valence-electron chi connectivity index (χ0n) is 8.56. The lowest BCUT2D eigenvalue weighted by Gasteiger charge is -1.99. The minimum absolute atomic E-state index is 1.01. The van der Waals surface area contributed by atoms with E-state index in [0.29, 0.717) is 0 Å². The second kappa shape index (κ2) is 5.29. The summed E-state index contributed by atoms with van der Waals surface area (Å²) in [5.74, 6) is 1.07. The Morgan fingerprint density at radius 2 is 2.07 bits per heavy atom. The lowest BCUT2D eigenvalue weighted by atomic mass is 10.1. The summed E-state index contributed by atoms with van der Waals surface area (Å²) in [4.78, 5) is 11.3. The lowest BCUT2D eigenvalue weighted by Crippen LogP contribution is -1.89. The monoisotopic (exact) mass is 200 g/mol. The average Bonchev–Trinajstić information content (AvgIpc) is 2.79. The number of unbranched alkanes of at least 4 members (excludes halogenated alkanes) is 1. The maximum absolute atomic E-state index is 4.18. The van der Waals surface area contributed by atoms with Crippen molar-refractivity contribution in [2.24, 2.45) is 0 Å². The molecule has 0 aliphatic carbocycles. The SMILES string of the molecule is [CH](CCCc1ncc[nH]1)c1ccncc1. The van der Waals surface area contributed by atoms with Crippen LogP contribution in [0, 0.1) is 6.42 Å². The van der Waals surface area contributed by atoms with E-state index in [2.05, 4.69) is 21.4 Å². The highest BCUT2D eigenvalue weighted by atomic mass is 14.9. The minimum Gasteiger partial charge on any atom is -0.349 e. The summed E-state index contributed by atoms with van der Waals surface area (Å²) in [6.45, 7) is 0. The fourth-order valence-corrected chi connectivity index (χ4v) is 1.47. The first kappa shape index (κ1) is 9.90. The van der Waals surface area contributed by atoms with Gasteiger partial charge in [-0.2, -0.15) is 0 Å². The van der Waals surface area contributed by atoms with Gasteiger partial charge in [-0.1, -0.05) is 0 Å². The maximum atomic E-state index is 4.18. The highest BCUT2D eigenvalue weighted by molar-refractivity contribution is 5.18. The van der Waals surface area contributed by atoms with Crippen LogP contribution in [0.3, 0.4) is 0 Å². The van der Waals surface area contributed by atoms with E-state index in [9.17, 15) is 0 Å². The van der Waals surface area contributed by atoms with Gasteiger partial charge in [-0.15, -0.1) is 0 Å². The Bertz CT molecular complexity index is 367. The number of pyridine rings is 1. The summed E-state index contributed by atoms with van der Waals surface area (Å²) in [5, 5.41) is 0. The fraction of sp³-hybridized carbons (Fsp3) is 0.250. The van der Waals surface area contributed by atoms with Gasteiger partial charge in [0.05, 0.1) is 0 Å². The second-order valence-corrected chi connectivity index (χ2v) is 3.41. The molecule has 1 N–H and O–H groups in total. The second-order valence-electron chi connectivity index (χ2n) is 3.41. The maximum Gasteiger partial charge on any atom is 0.105 e. The van der Waals surface area contributed by atoms with Crippen molar-refractivity contribution in [1.82, 2.24) is 15.0 Å². The topological polar surface area (TPSA) is 41.6 Å². The predicted octanol–water partition coefficient (Wildman–Crippen LogP) is 2.38. The van der Waals surface area contributed by atoms with Gasteiger partial charge >= 0.3 is 0 Å². The molecule has 0 unspecified atom stereocenters. The van der Waals surface area contributed by atoms with Crippen LogP contribution >= 0.6 is 0 Å². The summed E-state index contributed by atoms with van der Waals surface area (Å²) >= 11 is 0. The van der Waals surface area contributed by atoms with Gasteiger partial charge in [0.25, 0.3) is 0 Å². The third-order valence-corrected chi connectivity index (χ3v) is 2.26. The first-order chi connectivity index (χ1) is 7.45. The molecular formula is C12H14N3. The van der Waals surface area contributed by atoms with Crippen LogP contribution < -0.4 is 0 Å². The van der Waals surface area contributed by atoms with Crippen LogP contribution in [0.4, 0.5) is 0 Å². The highest BCUT2D eigenvalue weighted by Gasteiger charge is 1.96. The number of hydrogen-bond acceptors (Lipinski definition) is 2. The Morgan fingerprint density at radius 3 is 2.80 bits per heavy atom. The van der Waals surface area contributed by atoms with E-state index in [0.717, 1.165) is 25.1 Å². The molecule has 1 radical (unpaired) electrons. The van der Waals surface area contributed by atoms with Gasteiger partial charge in [-0.25, -0.2) is 4.98 Å². The Kier molecular flexibility index (Phi) is 3.49. The molecule has 0 saturated carbocycles. The normalized spacial score (nSPS) is 10.4. The van der Waals surface area contributed by atoms with Crippen molar-refractivity contribution in [3.8, 4) is 0 Å². The number of rotatable bonds is 5. The Balaban J connectivity index is 1.68. The predicted molar refractivity (Wildman–Crippen MR) is 59.2 cm³/mol. The molecule has 3 nitrogen and oxygen atoms in total. The van der Waals surface area contributed by atoms with Crippen molar-refractivity contribution in [2.75, 3.05) is 0 Å². The van der Waals surface area contributed by atoms with E-state index in [-0.39, 0.29) is 0 Å². The molecule has 0 bridgehead atoms. The lowest BCUT2D eigenvalue weighted by molar-refractivity contribution is 0.779. The zero-order valence-corrected chi connectivity index (χ0v) is 8.56. The van der Waals surface area contributed by atoms with Crippen molar-refractivity contribution in [3.05, 3.63) is 54.7 Å². The molecule has 0 aromatic carbocycles. The van der Waals surface area contributed by atoms with Crippen LogP contribution in [-0.4, -0.2) is 15.0 Å². The van der Waals surface area contributed by atoms with E-state index in [4.69, 9.17) is 0 Å². The summed E-state index contributed by atoms with van der Waals surface area (Å²) in [6.07, 6.45) is 12.7. The van der Waals surface area contributed by atoms with Crippen LogP contribution in [0.1, 0.15) is 24.2 Å². The van der Waals surface area contributed by atoms with Gasteiger partial charge in [0.1, 0.15) is 5.82 Å². The van der Waals surface area contributed by atoms with Crippen LogP contribution in [0.25, 0.3) is 0 Å². The van der Waals surface area contributed by atoms with Crippen LogP contribution in [-0.2, 0) is 6.42 Å². The van der Waals surface area contributed by atoms with Gasteiger partial charge in [-0.3, -0.25) is 4.98 Å². The first-order valence-electron chi connectivity index (χ1n) is 5.16. The zero-order chi connectivity index (χ0) is 10.3. The molecule has 0 amide bonds. The Morgan fingerprint density at radius 1 is 1.20 bits per heavy atom. The number of imidazole rings is 1. The third kappa shape index (κ3) is 3.20. The van der Waals surface area contributed by atoms with Gasteiger partial charge in [0.2, 0.25) is 0 Å². The molecular weight excluding hydrogens is 186 g/mol. The highest BCUT2D eigenvalue weighted by Crippen LogP contribution is 2.07. The molecule has 77 valence electrons. The van der Waals surface area contributed by atoms with Crippen molar-refractivity contribution in [1.29, 1.82) is 0 Å². The van der Waals surface area contributed by atoms with Crippen molar-refractivity contribution < 1.29 is 0 Å². The third-order valence-electron chi connectivity index (χ3n) is 2.26. The molecule has 0 spiro atoms. The van der Waals surface area contributed by atoms with E-state index in [1.54, 1.807) is 6.20 Å². The minimum atomic E-state index is 1.01. The average molecular weight is 200 g/mol. The largest absolute Gasteiger partial charge is 0.349 e. The van der Waals surface area contributed by atoms with Crippen LogP contribution in [0.15, 0.2) is 36.9 Å². The van der Waals surface area contributed by atoms with Gasteiger partial charge < -0.3 is 4.98 Å². The molecule has 2 heterocycles. The van der Waals surface area contributed by atoms with E-state index in [1.165, 1.54) is 5.56 Å². The summed E-state index contributed by atoms with van der Waals surface area (Å²) in [7, 11) is 0. The molecule has 15 heavy (non-hydrogen) atoms. The smallest absolute Gasteiger partial charge is 0.105 e. The first-order valence-corrected chi connectivity index (χ1v) is 5.16. The Labute approximate surface area is 89.6 Å². The van der Waals surface area contributed by atoms with Gasteiger partial charge in [-0.05, 0) is 37.0 Å². The number of nitrogens with zero attached hydrogens (tertiary/aromatic N) is 2.